The van der Waals surface area contributed by atoms with Gasteiger partial charge in [-0.25, -0.2) is 0 Å². The minimum absolute atomic E-state index is 0.546. The van der Waals surface area contributed by atoms with Gasteiger partial charge in [-0.15, -0.1) is 0 Å². The number of rotatable bonds is 4. The quantitative estimate of drug-likeness (QED) is 0.755. The lowest BCUT2D eigenvalue weighted by molar-refractivity contribution is 0.727. The molecule has 0 aliphatic carbocycles. The predicted octanol–water partition coefficient (Wildman–Crippen LogP) is 5.73. The molecule has 0 heterocycles. The highest BCUT2D eigenvalue weighted by molar-refractivity contribution is 6.41. The first-order valence-corrected chi connectivity index (χ1v) is 7.61. The van der Waals surface area contributed by atoms with Crippen molar-refractivity contribution in [1.82, 2.24) is 5.32 Å². The van der Waals surface area contributed by atoms with Gasteiger partial charge in [-0.1, -0.05) is 53.9 Å². The molecular formula is C16H16Cl3N. The molecule has 0 amide bonds. The van der Waals surface area contributed by atoms with E-state index in [1.165, 1.54) is 5.56 Å². The van der Waals surface area contributed by atoms with Crippen molar-refractivity contribution < 1.29 is 0 Å². The van der Waals surface area contributed by atoms with Gasteiger partial charge < -0.3 is 5.32 Å². The fraction of sp³-hybridized carbons (Fsp3) is 0.250. The highest BCUT2D eigenvalue weighted by atomic mass is 35.5. The zero-order chi connectivity index (χ0) is 14.7. The van der Waals surface area contributed by atoms with Crippen LogP contribution in [0.3, 0.4) is 0 Å². The molecule has 2 rings (SSSR count). The number of hydrogen-bond donors (Lipinski definition) is 1. The number of aryl methyl sites for hydroxylation is 1. The number of hydrogen-bond acceptors (Lipinski definition) is 1. The van der Waals surface area contributed by atoms with Crippen LogP contribution >= 0.6 is 34.8 Å². The van der Waals surface area contributed by atoms with Gasteiger partial charge in [0, 0.05) is 17.1 Å². The average molecular weight is 329 g/mol. The van der Waals surface area contributed by atoms with Crippen LogP contribution < -0.4 is 5.32 Å². The molecule has 0 aliphatic rings. The Balaban J connectivity index is 2.51. The van der Waals surface area contributed by atoms with E-state index < -0.39 is 0 Å². The monoisotopic (exact) mass is 327 g/mol. The van der Waals surface area contributed by atoms with Gasteiger partial charge in [-0.3, -0.25) is 0 Å². The SMILES string of the molecule is CCNCc1ccc(C)c(-c2c(Cl)cc(Cl)cc2Cl)c1. The number of nitrogens with one attached hydrogen (secondary N) is 1. The van der Waals surface area contributed by atoms with Crippen LogP contribution in [0, 0.1) is 6.92 Å². The van der Waals surface area contributed by atoms with Crippen molar-refractivity contribution in [2.45, 2.75) is 20.4 Å². The lowest BCUT2D eigenvalue weighted by Crippen LogP contribution is -2.11. The molecule has 0 saturated heterocycles. The molecule has 1 N–H and O–H groups in total. The van der Waals surface area contributed by atoms with Gasteiger partial charge in [0.15, 0.2) is 0 Å². The fourth-order valence-electron chi connectivity index (χ4n) is 2.12. The van der Waals surface area contributed by atoms with Gasteiger partial charge in [0.05, 0.1) is 10.0 Å². The maximum atomic E-state index is 6.31. The van der Waals surface area contributed by atoms with Crippen LogP contribution in [0.4, 0.5) is 0 Å². The summed E-state index contributed by atoms with van der Waals surface area (Å²) in [7, 11) is 0. The van der Waals surface area contributed by atoms with Crippen LogP contribution in [0.5, 0.6) is 0 Å². The summed E-state index contributed by atoms with van der Waals surface area (Å²) >= 11 is 18.6. The number of benzene rings is 2. The Morgan fingerprint density at radius 3 is 2.25 bits per heavy atom. The second kappa shape index (κ2) is 6.82. The zero-order valence-electron chi connectivity index (χ0n) is 11.4. The molecule has 0 radical (unpaired) electrons. The Labute approximate surface area is 134 Å². The second-order valence-corrected chi connectivity index (χ2v) is 5.92. The zero-order valence-corrected chi connectivity index (χ0v) is 13.7. The first-order valence-electron chi connectivity index (χ1n) is 6.48. The average Bonchev–Trinajstić information content (AvgIpc) is 2.38. The Hall–Kier alpha value is -0.730. The number of halogens is 3. The maximum absolute atomic E-state index is 6.31. The molecule has 20 heavy (non-hydrogen) atoms. The summed E-state index contributed by atoms with van der Waals surface area (Å²) in [6, 6.07) is 9.77. The van der Waals surface area contributed by atoms with E-state index in [1.54, 1.807) is 12.1 Å². The molecule has 0 fully saturated rings. The summed E-state index contributed by atoms with van der Waals surface area (Å²) in [6.07, 6.45) is 0. The van der Waals surface area contributed by atoms with E-state index in [2.05, 4.69) is 30.4 Å². The summed E-state index contributed by atoms with van der Waals surface area (Å²) < 4.78 is 0. The van der Waals surface area contributed by atoms with E-state index in [-0.39, 0.29) is 0 Å². The Morgan fingerprint density at radius 2 is 1.65 bits per heavy atom. The van der Waals surface area contributed by atoms with Crippen LogP contribution in [0.1, 0.15) is 18.1 Å². The van der Waals surface area contributed by atoms with Crippen molar-refractivity contribution in [3.05, 3.63) is 56.5 Å². The smallest absolute Gasteiger partial charge is 0.0514 e. The summed E-state index contributed by atoms with van der Waals surface area (Å²) in [5.41, 5.74) is 4.23. The van der Waals surface area contributed by atoms with E-state index in [9.17, 15) is 0 Å². The Kier molecular flexibility index (Phi) is 5.34. The van der Waals surface area contributed by atoms with Crippen molar-refractivity contribution in [3.63, 3.8) is 0 Å². The Morgan fingerprint density at radius 1 is 1.00 bits per heavy atom. The van der Waals surface area contributed by atoms with Crippen molar-refractivity contribution in [1.29, 1.82) is 0 Å². The molecule has 0 spiro atoms. The molecule has 106 valence electrons. The van der Waals surface area contributed by atoms with Crippen LogP contribution in [0.2, 0.25) is 15.1 Å². The maximum Gasteiger partial charge on any atom is 0.0514 e. The van der Waals surface area contributed by atoms with Crippen molar-refractivity contribution >= 4 is 34.8 Å². The van der Waals surface area contributed by atoms with Gasteiger partial charge >= 0.3 is 0 Å². The topological polar surface area (TPSA) is 12.0 Å². The summed E-state index contributed by atoms with van der Waals surface area (Å²) in [5, 5.41) is 5.01. The van der Waals surface area contributed by atoms with Crippen LogP contribution in [0.15, 0.2) is 30.3 Å². The van der Waals surface area contributed by atoms with Crippen LogP contribution in [0.25, 0.3) is 11.1 Å². The van der Waals surface area contributed by atoms with Gasteiger partial charge in [-0.05, 0) is 48.4 Å². The lowest BCUT2D eigenvalue weighted by atomic mass is 9.98. The molecule has 4 heteroatoms. The predicted molar refractivity (Wildman–Crippen MR) is 89.0 cm³/mol. The van der Waals surface area contributed by atoms with Crippen molar-refractivity contribution in [2.75, 3.05) is 6.54 Å². The van der Waals surface area contributed by atoms with Crippen molar-refractivity contribution in [2.24, 2.45) is 0 Å². The highest BCUT2D eigenvalue weighted by Crippen LogP contribution is 2.38. The van der Waals surface area contributed by atoms with Gasteiger partial charge in [-0.2, -0.15) is 0 Å². The standard InChI is InChI=1S/C16H16Cl3N/c1-3-20-9-11-5-4-10(2)13(6-11)16-14(18)7-12(17)8-15(16)19/h4-8,20H,3,9H2,1-2H3. The van der Waals surface area contributed by atoms with Gasteiger partial charge in [0.25, 0.3) is 0 Å². The molecule has 2 aromatic carbocycles. The van der Waals surface area contributed by atoms with Crippen molar-refractivity contribution in [3.8, 4) is 11.1 Å². The first kappa shape index (κ1) is 15.7. The second-order valence-electron chi connectivity index (χ2n) is 4.67. The largest absolute Gasteiger partial charge is 0.313 e. The van der Waals surface area contributed by atoms with Crippen LogP contribution in [-0.2, 0) is 6.54 Å². The molecule has 0 atom stereocenters. The Bertz CT molecular complexity index is 600. The van der Waals surface area contributed by atoms with Crippen LogP contribution in [-0.4, -0.2) is 6.54 Å². The third-order valence-corrected chi connectivity index (χ3v) is 3.97. The highest BCUT2D eigenvalue weighted by Gasteiger charge is 2.13. The minimum Gasteiger partial charge on any atom is -0.313 e. The molecule has 1 nitrogen and oxygen atoms in total. The normalized spacial score (nSPS) is 10.8. The molecular weight excluding hydrogens is 313 g/mol. The third kappa shape index (κ3) is 3.48. The van der Waals surface area contributed by atoms with E-state index in [0.29, 0.717) is 15.1 Å². The molecule has 0 aromatic heterocycles. The minimum atomic E-state index is 0.546. The van der Waals surface area contributed by atoms with E-state index in [1.807, 2.05) is 6.92 Å². The van der Waals surface area contributed by atoms with E-state index in [4.69, 9.17) is 34.8 Å². The lowest BCUT2D eigenvalue weighted by Gasteiger charge is -2.13. The molecule has 0 unspecified atom stereocenters. The van der Waals surface area contributed by atoms with Gasteiger partial charge in [0.2, 0.25) is 0 Å². The first-order chi connectivity index (χ1) is 9.52. The molecule has 0 saturated carbocycles. The van der Waals surface area contributed by atoms with E-state index in [0.717, 1.165) is 29.8 Å². The summed E-state index contributed by atoms with van der Waals surface area (Å²) in [5.74, 6) is 0. The fourth-order valence-corrected chi connectivity index (χ4v) is 3.14. The van der Waals surface area contributed by atoms with Gasteiger partial charge in [0.1, 0.15) is 0 Å². The van der Waals surface area contributed by atoms with E-state index >= 15 is 0 Å². The summed E-state index contributed by atoms with van der Waals surface area (Å²) in [6.45, 7) is 5.90. The molecule has 0 aliphatic heterocycles. The molecule has 0 bridgehead atoms. The molecule has 2 aromatic rings. The third-order valence-electron chi connectivity index (χ3n) is 3.16. The summed E-state index contributed by atoms with van der Waals surface area (Å²) in [4.78, 5) is 0.